The summed E-state index contributed by atoms with van der Waals surface area (Å²) in [6, 6.07) is 6.90. The Balaban J connectivity index is 2.40. The van der Waals surface area contributed by atoms with Crippen molar-refractivity contribution in [1.29, 1.82) is 0 Å². The molecule has 0 heterocycles. The predicted molar refractivity (Wildman–Crippen MR) is 113 cm³/mol. The van der Waals surface area contributed by atoms with Gasteiger partial charge in [-0.15, -0.1) is 0 Å². The van der Waals surface area contributed by atoms with Crippen LogP contribution in [-0.4, -0.2) is 33.9 Å². The number of rotatable bonds is 9. The zero-order valence-electron chi connectivity index (χ0n) is 16.6. The number of benzene rings is 2. The highest BCUT2D eigenvalue weighted by Gasteiger charge is 2.21. The maximum Gasteiger partial charge on any atom is 0.330 e. The van der Waals surface area contributed by atoms with Gasteiger partial charge in [-0.1, -0.05) is 29.3 Å². The van der Waals surface area contributed by atoms with E-state index in [2.05, 4.69) is 0 Å². The first-order chi connectivity index (χ1) is 13.9. The third-order valence-corrected chi connectivity index (χ3v) is 4.60. The Kier molecular flexibility index (Phi) is 8.49. The molecule has 2 rings (SSSR count). The number of methoxy groups -OCH3 is 3. The Morgan fingerprint density at radius 2 is 1.69 bits per heavy atom. The lowest BCUT2D eigenvalue weighted by Crippen LogP contribution is -2.03. The molecule has 6 nitrogen and oxygen atoms in total. The van der Waals surface area contributed by atoms with E-state index in [1.54, 1.807) is 37.3 Å². The minimum absolute atomic E-state index is 0.199. The third-order valence-electron chi connectivity index (χ3n) is 3.87. The molecule has 0 aromatic heterocycles. The Morgan fingerprint density at radius 3 is 2.28 bits per heavy atom. The van der Waals surface area contributed by atoms with Crippen LogP contribution in [0.15, 0.2) is 30.3 Å². The topological polar surface area (TPSA) is 63.2 Å². The number of carbonyl (C=O) groups is 1. The summed E-state index contributed by atoms with van der Waals surface area (Å²) in [5.74, 6) is 1.01. The van der Waals surface area contributed by atoms with Crippen LogP contribution in [-0.2, 0) is 16.1 Å². The molecular weight excluding hydrogens is 419 g/mol. The summed E-state index contributed by atoms with van der Waals surface area (Å²) in [4.78, 5) is 11.6. The molecule has 8 heteroatoms. The van der Waals surface area contributed by atoms with Gasteiger partial charge in [0.1, 0.15) is 6.61 Å². The van der Waals surface area contributed by atoms with Crippen LogP contribution in [0.25, 0.3) is 6.08 Å². The Labute approximate surface area is 179 Å². The van der Waals surface area contributed by atoms with Crippen molar-refractivity contribution in [2.24, 2.45) is 0 Å². The standard InChI is InChI=1S/C21H22Cl2O6/c1-5-28-18(24)9-7-14-11-17(25-2)20(21(27-4)19(14)26-3)29-12-13-6-8-15(22)16(23)10-13/h6-11H,5,12H2,1-4H3. The number of hydrogen-bond donors (Lipinski definition) is 0. The Morgan fingerprint density at radius 1 is 0.966 bits per heavy atom. The minimum atomic E-state index is -0.465. The molecule has 0 aliphatic carbocycles. The van der Waals surface area contributed by atoms with Crippen molar-refractivity contribution in [3.05, 3.63) is 51.5 Å². The smallest absolute Gasteiger partial charge is 0.330 e. The van der Waals surface area contributed by atoms with Crippen LogP contribution < -0.4 is 18.9 Å². The molecule has 0 spiro atoms. The number of ether oxygens (including phenoxy) is 5. The van der Waals surface area contributed by atoms with Gasteiger partial charge in [0.25, 0.3) is 0 Å². The lowest BCUT2D eigenvalue weighted by molar-refractivity contribution is -0.137. The van der Waals surface area contributed by atoms with Gasteiger partial charge in [-0.2, -0.15) is 0 Å². The summed E-state index contributed by atoms with van der Waals surface area (Å²) < 4.78 is 27.3. The first kappa shape index (κ1) is 22.7. The molecule has 2 aromatic carbocycles. The van der Waals surface area contributed by atoms with Crippen molar-refractivity contribution < 1.29 is 28.5 Å². The number of carbonyl (C=O) groups excluding carboxylic acids is 1. The van der Waals surface area contributed by atoms with Crippen molar-refractivity contribution in [3.63, 3.8) is 0 Å². The second-order valence-electron chi connectivity index (χ2n) is 5.69. The summed E-state index contributed by atoms with van der Waals surface area (Å²) in [6.45, 7) is 2.22. The predicted octanol–water partition coefficient (Wildman–Crippen LogP) is 5.17. The zero-order valence-corrected chi connectivity index (χ0v) is 18.1. The van der Waals surface area contributed by atoms with Gasteiger partial charge >= 0.3 is 5.97 Å². The van der Waals surface area contributed by atoms with Gasteiger partial charge in [-0.25, -0.2) is 4.79 Å². The average Bonchev–Trinajstić information content (AvgIpc) is 2.72. The molecule has 29 heavy (non-hydrogen) atoms. The highest BCUT2D eigenvalue weighted by Crippen LogP contribution is 2.47. The molecule has 156 valence electrons. The maximum absolute atomic E-state index is 11.6. The third kappa shape index (κ3) is 5.71. The second kappa shape index (κ2) is 10.8. The van der Waals surface area contributed by atoms with E-state index in [-0.39, 0.29) is 13.2 Å². The van der Waals surface area contributed by atoms with Gasteiger partial charge in [0.05, 0.1) is 38.0 Å². The number of halogens is 2. The van der Waals surface area contributed by atoms with E-state index in [1.807, 2.05) is 0 Å². The van der Waals surface area contributed by atoms with E-state index < -0.39 is 5.97 Å². The summed E-state index contributed by atoms with van der Waals surface area (Å²) in [7, 11) is 4.49. The molecule has 0 atom stereocenters. The Hall–Kier alpha value is -2.57. The molecule has 0 saturated carbocycles. The van der Waals surface area contributed by atoms with E-state index in [0.717, 1.165) is 5.56 Å². The van der Waals surface area contributed by atoms with Crippen LogP contribution in [0.2, 0.25) is 10.0 Å². The lowest BCUT2D eigenvalue weighted by Gasteiger charge is -2.19. The van der Waals surface area contributed by atoms with Crippen molar-refractivity contribution in [2.75, 3.05) is 27.9 Å². The lowest BCUT2D eigenvalue weighted by atomic mass is 10.1. The molecule has 0 aliphatic rings. The molecule has 0 bridgehead atoms. The summed E-state index contributed by atoms with van der Waals surface area (Å²) in [5, 5.41) is 0.897. The van der Waals surface area contributed by atoms with Crippen LogP contribution in [0.4, 0.5) is 0 Å². The molecule has 0 amide bonds. The average molecular weight is 441 g/mol. The zero-order chi connectivity index (χ0) is 21.4. The minimum Gasteiger partial charge on any atom is -0.493 e. The van der Waals surface area contributed by atoms with E-state index in [9.17, 15) is 4.79 Å². The molecule has 0 unspecified atom stereocenters. The quantitative estimate of drug-likeness (QED) is 0.395. The SMILES string of the molecule is CCOC(=O)C=Cc1cc(OC)c(OCc2ccc(Cl)c(Cl)c2)c(OC)c1OC. The van der Waals surface area contributed by atoms with E-state index in [4.69, 9.17) is 46.9 Å². The van der Waals surface area contributed by atoms with E-state index >= 15 is 0 Å². The summed E-state index contributed by atoms with van der Waals surface area (Å²) >= 11 is 12.0. The van der Waals surface area contributed by atoms with Crippen LogP contribution in [0.5, 0.6) is 23.0 Å². The highest BCUT2D eigenvalue weighted by atomic mass is 35.5. The molecule has 0 aliphatic heterocycles. The van der Waals surface area contributed by atoms with Gasteiger partial charge in [0.2, 0.25) is 11.5 Å². The largest absolute Gasteiger partial charge is 0.493 e. The van der Waals surface area contributed by atoms with Crippen molar-refractivity contribution in [3.8, 4) is 23.0 Å². The maximum atomic E-state index is 11.6. The van der Waals surface area contributed by atoms with Gasteiger partial charge in [0, 0.05) is 11.6 Å². The van der Waals surface area contributed by atoms with Gasteiger partial charge in [-0.3, -0.25) is 0 Å². The fourth-order valence-corrected chi connectivity index (χ4v) is 2.88. The molecule has 2 aromatic rings. The van der Waals surface area contributed by atoms with Crippen LogP contribution in [0.3, 0.4) is 0 Å². The van der Waals surface area contributed by atoms with Crippen LogP contribution in [0, 0.1) is 0 Å². The number of esters is 1. The Bertz CT molecular complexity index is 895. The van der Waals surface area contributed by atoms with E-state index in [0.29, 0.717) is 38.6 Å². The first-order valence-electron chi connectivity index (χ1n) is 8.69. The fourth-order valence-electron chi connectivity index (χ4n) is 2.56. The van der Waals surface area contributed by atoms with Crippen molar-refractivity contribution in [2.45, 2.75) is 13.5 Å². The van der Waals surface area contributed by atoms with E-state index in [1.165, 1.54) is 27.4 Å². The van der Waals surface area contributed by atoms with Crippen molar-refractivity contribution in [1.82, 2.24) is 0 Å². The molecule has 0 radical (unpaired) electrons. The highest BCUT2D eigenvalue weighted by molar-refractivity contribution is 6.42. The normalized spacial score (nSPS) is 10.7. The first-order valence-corrected chi connectivity index (χ1v) is 9.45. The van der Waals surface area contributed by atoms with Gasteiger partial charge in [-0.05, 0) is 36.8 Å². The van der Waals surface area contributed by atoms with Crippen molar-refractivity contribution >= 4 is 35.2 Å². The molecular formula is C21H22Cl2O6. The molecule has 0 fully saturated rings. The van der Waals surface area contributed by atoms with Crippen LogP contribution in [0.1, 0.15) is 18.1 Å². The monoisotopic (exact) mass is 440 g/mol. The number of hydrogen-bond acceptors (Lipinski definition) is 6. The molecule has 0 N–H and O–H groups in total. The molecule has 0 saturated heterocycles. The van der Waals surface area contributed by atoms with Gasteiger partial charge in [0.15, 0.2) is 11.5 Å². The van der Waals surface area contributed by atoms with Gasteiger partial charge < -0.3 is 23.7 Å². The second-order valence-corrected chi connectivity index (χ2v) is 6.50. The fraction of sp³-hybridized carbons (Fsp3) is 0.286. The summed E-state index contributed by atoms with van der Waals surface area (Å²) in [5.41, 5.74) is 1.38. The summed E-state index contributed by atoms with van der Waals surface area (Å²) in [6.07, 6.45) is 2.86. The van der Waals surface area contributed by atoms with Crippen LogP contribution >= 0.6 is 23.2 Å².